The maximum Gasteiger partial charge on any atom is 0.255 e. The second kappa shape index (κ2) is 7.78. The number of hydrogen-bond donors (Lipinski definition) is 0. The van der Waals surface area contributed by atoms with Gasteiger partial charge in [-0.3, -0.25) is 9.69 Å². The van der Waals surface area contributed by atoms with E-state index in [-0.39, 0.29) is 5.91 Å². The molecule has 1 fully saturated rings. The van der Waals surface area contributed by atoms with E-state index in [1.54, 1.807) is 11.3 Å². The van der Waals surface area contributed by atoms with Crippen LogP contribution >= 0.6 is 11.3 Å². The van der Waals surface area contributed by atoms with Gasteiger partial charge in [0.15, 0.2) is 5.82 Å². The molecule has 1 atom stereocenters. The van der Waals surface area contributed by atoms with E-state index in [1.165, 1.54) is 0 Å². The van der Waals surface area contributed by atoms with Gasteiger partial charge < -0.3 is 9.42 Å². The normalized spacial score (nSPS) is 17.7. The molecule has 0 spiro atoms. The van der Waals surface area contributed by atoms with Crippen molar-refractivity contribution in [1.82, 2.24) is 19.9 Å². The van der Waals surface area contributed by atoms with Gasteiger partial charge in [-0.15, -0.1) is 11.3 Å². The Bertz CT molecular complexity index is 935. The van der Waals surface area contributed by atoms with E-state index in [0.717, 1.165) is 48.0 Å². The predicted octanol–water partition coefficient (Wildman–Crippen LogP) is 3.58. The van der Waals surface area contributed by atoms with Crippen LogP contribution in [0.25, 0.3) is 10.1 Å². The molecular formula is C20H24N4O2S. The van der Waals surface area contributed by atoms with E-state index in [2.05, 4.69) is 28.2 Å². The summed E-state index contributed by atoms with van der Waals surface area (Å²) in [6.45, 7) is 4.19. The van der Waals surface area contributed by atoms with Gasteiger partial charge in [0.1, 0.15) is 0 Å². The van der Waals surface area contributed by atoms with Crippen LogP contribution in [-0.4, -0.2) is 52.0 Å². The van der Waals surface area contributed by atoms with Crippen LogP contribution in [0.3, 0.4) is 0 Å². The van der Waals surface area contributed by atoms with Gasteiger partial charge in [0.2, 0.25) is 5.89 Å². The number of carbonyl (C=O) groups excluding carboxylic acids is 1. The third-order valence-corrected chi connectivity index (χ3v) is 6.19. The van der Waals surface area contributed by atoms with Crippen LogP contribution in [0.5, 0.6) is 0 Å². The molecule has 3 heterocycles. The molecule has 1 aromatic carbocycles. The van der Waals surface area contributed by atoms with Gasteiger partial charge in [-0.1, -0.05) is 30.3 Å². The molecule has 0 saturated carbocycles. The number of carbonyl (C=O) groups is 1. The van der Waals surface area contributed by atoms with Crippen molar-refractivity contribution in [2.45, 2.75) is 38.8 Å². The lowest BCUT2D eigenvalue weighted by Crippen LogP contribution is -2.48. The lowest BCUT2D eigenvalue weighted by atomic mass is 10.0. The van der Waals surface area contributed by atoms with Gasteiger partial charge in [0.25, 0.3) is 5.91 Å². The largest absolute Gasteiger partial charge is 0.339 e. The summed E-state index contributed by atoms with van der Waals surface area (Å²) in [6, 6.07) is 8.42. The number of likely N-dealkylation sites (tertiary alicyclic amines) is 1. The standard InChI is InChI=1S/C20H24N4O2S/c1-3-19-21-18(22-26-19)12-23(2)14-7-6-10-24(11-14)20(25)16-13-27-17-9-5-4-8-15(16)17/h4-5,8-9,13-14H,3,6-7,10-12H2,1-2H3. The molecule has 0 N–H and O–H groups in total. The van der Waals surface area contributed by atoms with Gasteiger partial charge in [-0.2, -0.15) is 4.98 Å². The number of rotatable bonds is 5. The molecular weight excluding hydrogens is 360 g/mol. The van der Waals surface area contributed by atoms with Crippen LogP contribution in [0.1, 0.15) is 41.8 Å². The summed E-state index contributed by atoms with van der Waals surface area (Å²) in [5.74, 6) is 1.52. The fourth-order valence-electron chi connectivity index (χ4n) is 3.66. The summed E-state index contributed by atoms with van der Waals surface area (Å²) < 4.78 is 6.36. The molecule has 4 rings (SSSR count). The first kappa shape index (κ1) is 18.1. The van der Waals surface area contributed by atoms with E-state index in [9.17, 15) is 4.79 Å². The Morgan fingerprint density at radius 3 is 3.07 bits per heavy atom. The number of aryl methyl sites for hydroxylation is 1. The molecule has 0 radical (unpaired) electrons. The molecule has 1 unspecified atom stereocenters. The molecule has 1 saturated heterocycles. The quantitative estimate of drug-likeness (QED) is 0.673. The number of piperidine rings is 1. The first-order valence-corrected chi connectivity index (χ1v) is 10.3. The third kappa shape index (κ3) is 3.75. The number of aromatic nitrogens is 2. The first-order chi connectivity index (χ1) is 13.2. The zero-order valence-electron chi connectivity index (χ0n) is 15.7. The maximum atomic E-state index is 13.1. The number of likely N-dealkylation sites (N-methyl/N-ethyl adjacent to an activating group) is 1. The highest BCUT2D eigenvalue weighted by Crippen LogP contribution is 2.28. The highest BCUT2D eigenvalue weighted by Gasteiger charge is 2.28. The van der Waals surface area contributed by atoms with Crippen molar-refractivity contribution >= 4 is 27.3 Å². The minimum atomic E-state index is 0.137. The fraction of sp³-hybridized carbons (Fsp3) is 0.450. The van der Waals surface area contributed by atoms with Crippen LogP contribution in [-0.2, 0) is 13.0 Å². The molecule has 3 aromatic rings. The molecule has 6 nitrogen and oxygen atoms in total. The summed E-state index contributed by atoms with van der Waals surface area (Å²) in [6.07, 6.45) is 2.83. The smallest absolute Gasteiger partial charge is 0.255 e. The summed E-state index contributed by atoms with van der Waals surface area (Å²) >= 11 is 1.63. The van der Waals surface area contributed by atoms with E-state index in [0.29, 0.717) is 24.3 Å². The summed E-state index contributed by atoms with van der Waals surface area (Å²) in [7, 11) is 2.07. The maximum absolute atomic E-state index is 13.1. The third-order valence-electron chi connectivity index (χ3n) is 5.22. The van der Waals surface area contributed by atoms with Crippen molar-refractivity contribution in [1.29, 1.82) is 0 Å². The van der Waals surface area contributed by atoms with Gasteiger partial charge >= 0.3 is 0 Å². The number of nitrogens with zero attached hydrogens (tertiary/aromatic N) is 4. The van der Waals surface area contributed by atoms with Crippen LogP contribution in [0.4, 0.5) is 0 Å². The van der Waals surface area contributed by atoms with Crippen molar-refractivity contribution in [3.63, 3.8) is 0 Å². The number of thiophene rings is 1. The Morgan fingerprint density at radius 2 is 2.26 bits per heavy atom. The van der Waals surface area contributed by atoms with Gasteiger partial charge in [0, 0.05) is 41.0 Å². The zero-order chi connectivity index (χ0) is 18.8. The monoisotopic (exact) mass is 384 g/mol. The van der Waals surface area contributed by atoms with Crippen LogP contribution < -0.4 is 0 Å². The zero-order valence-corrected chi connectivity index (χ0v) is 16.5. The van der Waals surface area contributed by atoms with Gasteiger partial charge in [0.05, 0.1) is 12.1 Å². The molecule has 27 heavy (non-hydrogen) atoms. The van der Waals surface area contributed by atoms with Crippen LogP contribution in [0.2, 0.25) is 0 Å². The highest BCUT2D eigenvalue weighted by atomic mass is 32.1. The minimum Gasteiger partial charge on any atom is -0.339 e. The average molecular weight is 385 g/mol. The average Bonchev–Trinajstić information content (AvgIpc) is 3.34. The lowest BCUT2D eigenvalue weighted by molar-refractivity contribution is 0.0600. The number of benzene rings is 1. The van der Waals surface area contributed by atoms with E-state index in [4.69, 9.17) is 4.52 Å². The van der Waals surface area contributed by atoms with E-state index < -0.39 is 0 Å². The molecule has 7 heteroatoms. The number of hydrogen-bond acceptors (Lipinski definition) is 6. The van der Waals surface area contributed by atoms with Crippen molar-refractivity contribution < 1.29 is 9.32 Å². The Labute approximate surface area is 162 Å². The van der Waals surface area contributed by atoms with E-state index in [1.807, 2.05) is 35.4 Å². The first-order valence-electron chi connectivity index (χ1n) is 9.43. The van der Waals surface area contributed by atoms with Crippen LogP contribution in [0, 0.1) is 0 Å². The molecule has 2 aromatic heterocycles. The summed E-state index contributed by atoms with van der Waals surface area (Å²) in [5, 5.41) is 7.09. The Hall–Kier alpha value is -2.25. The Kier molecular flexibility index (Phi) is 5.22. The van der Waals surface area contributed by atoms with Crippen molar-refractivity contribution in [3.8, 4) is 0 Å². The number of amides is 1. The minimum absolute atomic E-state index is 0.137. The second-order valence-corrected chi connectivity index (χ2v) is 7.98. The fourth-order valence-corrected chi connectivity index (χ4v) is 4.60. The Morgan fingerprint density at radius 1 is 1.41 bits per heavy atom. The van der Waals surface area contributed by atoms with E-state index >= 15 is 0 Å². The van der Waals surface area contributed by atoms with Crippen molar-refractivity contribution in [2.24, 2.45) is 0 Å². The Balaban J connectivity index is 1.45. The molecule has 1 amide bonds. The van der Waals surface area contributed by atoms with Crippen molar-refractivity contribution in [3.05, 3.63) is 46.9 Å². The second-order valence-electron chi connectivity index (χ2n) is 7.07. The predicted molar refractivity (Wildman–Crippen MR) is 106 cm³/mol. The molecule has 1 aliphatic heterocycles. The van der Waals surface area contributed by atoms with Gasteiger partial charge in [-0.05, 0) is 26.0 Å². The summed E-state index contributed by atoms with van der Waals surface area (Å²) in [5.41, 5.74) is 0.824. The number of fused-ring (bicyclic) bond motifs is 1. The highest BCUT2D eigenvalue weighted by molar-refractivity contribution is 7.17. The molecule has 0 bridgehead atoms. The topological polar surface area (TPSA) is 62.5 Å². The molecule has 0 aliphatic carbocycles. The SMILES string of the molecule is CCc1nc(CN(C)C2CCCN(C(=O)c3csc4ccccc34)C2)no1. The molecule has 1 aliphatic rings. The summed E-state index contributed by atoms with van der Waals surface area (Å²) in [4.78, 5) is 21.7. The van der Waals surface area contributed by atoms with Crippen LogP contribution in [0.15, 0.2) is 34.2 Å². The van der Waals surface area contributed by atoms with Gasteiger partial charge in [-0.25, -0.2) is 0 Å². The molecule has 142 valence electrons. The lowest BCUT2D eigenvalue weighted by Gasteiger charge is -2.37. The van der Waals surface area contributed by atoms with Crippen molar-refractivity contribution in [2.75, 3.05) is 20.1 Å².